The lowest BCUT2D eigenvalue weighted by atomic mass is 9.90. The number of fused-ring (bicyclic) bond motifs is 2. The molecule has 5 rings (SSSR count). The van der Waals surface area contributed by atoms with Crippen LogP contribution < -0.4 is 5.73 Å². The van der Waals surface area contributed by atoms with Crippen molar-refractivity contribution in [2.24, 2.45) is 0 Å². The Bertz CT molecular complexity index is 1030. The predicted molar refractivity (Wildman–Crippen MR) is 117 cm³/mol. The van der Waals surface area contributed by atoms with E-state index < -0.39 is 0 Å². The maximum absolute atomic E-state index is 6.13. The van der Waals surface area contributed by atoms with Gasteiger partial charge in [-0.15, -0.1) is 0 Å². The number of hydrogen-bond acceptors (Lipinski definition) is 4. The highest BCUT2D eigenvalue weighted by atomic mass is 16.5. The van der Waals surface area contributed by atoms with Gasteiger partial charge in [-0.05, 0) is 68.9 Å². The van der Waals surface area contributed by atoms with Gasteiger partial charge >= 0.3 is 0 Å². The van der Waals surface area contributed by atoms with Gasteiger partial charge in [0, 0.05) is 37.1 Å². The number of nitrogens with zero attached hydrogens (tertiary/aromatic N) is 3. The molecule has 2 unspecified atom stereocenters. The number of rotatable bonds is 3. The van der Waals surface area contributed by atoms with Crippen LogP contribution in [0.2, 0.25) is 0 Å². The highest BCUT2D eigenvalue weighted by Crippen LogP contribution is 2.31. The number of hydrogen-bond donors (Lipinski definition) is 1. The third-order valence-electron chi connectivity index (χ3n) is 6.23. The molecule has 5 heteroatoms. The summed E-state index contributed by atoms with van der Waals surface area (Å²) in [4.78, 5) is 7.51. The molecule has 1 aromatic carbocycles. The molecular weight excluding hydrogens is 360 g/mol. The molecule has 1 aliphatic heterocycles. The number of aromatic nitrogens is 2. The Labute approximate surface area is 172 Å². The quantitative estimate of drug-likeness (QED) is 0.732. The van der Waals surface area contributed by atoms with Gasteiger partial charge in [0.15, 0.2) is 0 Å². The van der Waals surface area contributed by atoms with Crippen molar-refractivity contribution in [3.63, 3.8) is 0 Å². The average molecular weight is 391 g/mol. The Morgan fingerprint density at radius 1 is 1.03 bits per heavy atom. The van der Waals surface area contributed by atoms with Crippen molar-refractivity contribution >= 4 is 11.3 Å². The van der Waals surface area contributed by atoms with Crippen molar-refractivity contribution in [3.05, 3.63) is 53.3 Å². The second-order valence-corrected chi connectivity index (χ2v) is 8.74. The van der Waals surface area contributed by atoms with Crippen LogP contribution in [0.3, 0.4) is 0 Å². The second kappa shape index (κ2) is 7.47. The SMILES string of the molecule is CC1CN(Cc2c(-c3ccc4c(c3)CCCC4)nc3ccc(N)cn23)CC(C)O1. The summed E-state index contributed by atoms with van der Waals surface area (Å²) < 4.78 is 8.11. The highest BCUT2D eigenvalue weighted by Gasteiger charge is 2.25. The van der Waals surface area contributed by atoms with E-state index in [4.69, 9.17) is 15.5 Å². The summed E-state index contributed by atoms with van der Waals surface area (Å²) in [6.45, 7) is 7.02. The van der Waals surface area contributed by atoms with E-state index in [2.05, 4.69) is 41.3 Å². The van der Waals surface area contributed by atoms with Crippen LogP contribution in [0.1, 0.15) is 43.5 Å². The number of nitrogens with two attached hydrogens (primary N) is 1. The molecule has 3 aromatic rings. The van der Waals surface area contributed by atoms with Gasteiger partial charge in [0.05, 0.1) is 23.6 Å². The normalized spacial score (nSPS) is 22.7. The molecule has 1 fully saturated rings. The van der Waals surface area contributed by atoms with Gasteiger partial charge in [0.1, 0.15) is 5.65 Å². The zero-order valence-corrected chi connectivity index (χ0v) is 17.4. The predicted octanol–water partition coefficient (Wildman–Crippen LogP) is 4.07. The van der Waals surface area contributed by atoms with Gasteiger partial charge in [0.2, 0.25) is 0 Å². The van der Waals surface area contributed by atoms with Crippen molar-refractivity contribution in [1.29, 1.82) is 0 Å². The number of benzene rings is 1. The van der Waals surface area contributed by atoms with Crippen LogP contribution in [0.4, 0.5) is 5.69 Å². The Morgan fingerprint density at radius 3 is 2.59 bits per heavy atom. The maximum Gasteiger partial charge on any atom is 0.137 e. The molecule has 1 aliphatic carbocycles. The summed E-state index contributed by atoms with van der Waals surface area (Å²) in [7, 11) is 0. The van der Waals surface area contributed by atoms with E-state index in [-0.39, 0.29) is 12.2 Å². The fourth-order valence-electron chi connectivity index (χ4n) is 5.00. The average Bonchev–Trinajstić information content (AvgIpc) is 3.04. The van der Waals surface area contributed by atoms with Crippen LogP contribution in [0.15, 0.2) is 36.5 Å². The molecule has 0 radical (unpaired) electrons. The molecule has 5 nitrogen and oxygen atoms in total. The minimum Gasteiger partial charge on any atom is -0.398 e. The van der Waals surface area contributed by atoms with Crippen LogP contribution in [0.5, 0.6) is 0 Å². The molecule has 0 bridgehead atoms. The minimum absolute atomic E-state index is 0.246. The van der Waals surface area contributed by atoms with Crippen LogP contribution in [0, 0.1) is 0 Å². The molecule has 3 heterocycles. The molecule has 0 saturated carbocycles. The first-order chi connectivity index (χ1) is 14.1. The molecule has 2 aliphatic rings. The summed E-state index contributed by atoms with van der Waals surface area (Å²) in [6, 6.07) is 10.9. The molecule has 0 amide bonds. The fourth-order valence-corrected chi connectivity index (χ4v) is 5.00. The van der Waals surface area contributed by atoms with Crippen LogP contribution in [-0.4, -0.2) is 39.6 Å². The lowest BCUT2D eigenvalue weighted by Crippen LogP contribution is -2.45. The third kappa shape index (κ3) is 3.65. The van der Waals surface area contributed by atoms with Gasteiger partial charge in [-0.25, -0.2) is 4.98 Å². The molecule has 2 aromatic heterocycles. The first-order valence-electron chi connectivity index (χ1n) is 10.8. The van der Waals surface area contributed by atoms with Crippen molar-refractivity contribution in [3.8, 4) is 11.3 Å². The lowest BCUT2D eigenvalue weighted by Gasteiger charge is -2.35. The standard InChI is InChI=1S/C24H30N4O/c1-16-12-27(13-17(2)29-16)15-22-24(26-23-10-9-21(25)14-28(22)23)20-8-7-18-5-3-4-6-19(18)11-20/h7-11,14,16-17H,3-6,12-13,15,25H2,1-2H3. The van der Waals surface area contributed by atoms with E-state index in [1.165, 1.54) is 48.1 Å². The van der Waals surface area contributed by atoms with Gasteiger partial charge in [-0.1, -0.05) is 12.1 Å². The van der Waals surface area contributed by atoms with Crippen molar-refractivity contribution in [2.75, 3.05) is 18.8 Å². The smallest absolute Gasteiger partial charge is 0.137 e. The summed E-state index contributed by atoms with van der Waals surface area (Å²) in [5, 5.41) is 0. The largest absolute Gasteiger partial charge is 0.398 e. The highest BCUT2D eigenvalue weighted by molar-refractivity contribution is 5.68. The van der Waals surface area contributed by atoms with Gasteiger partial charge < -0.3 is 14.9 Å². The zero-order valence-electron chi connectivity index (χ0n) is 17.4. The second-order valence-electron chi connectivity index (χ2n) is 8.74. The van der Waals surface area contributed by atoms with E-state index in [0.29, 0.717) is 0 Å². The first-order valence-corrected chi connectivity index (χ1v) is 10.8. The van der Waals surface area contributed by atoms with Gasteiger partial charge in [-0.3, -0.25) is 4.90 Å². The number of morpholine rings is 1. The number of pyridine rings is 1. The summed E-state index contributed by atoms with van der Waals surface area (Å²) in [6.07, 6.45) is 7.47. The summed E-state index contributed by atoms with van der Waals surface area (Å²) in [5.41, 5.74) is 14.3. The number of imidazole rings is 1. The van der Waals surface area contributed by atoms with Crippen molar-refractivity contribution in [2.45, 2.75) is 58.3 Å². The van der Waals surface area contributed by atoms with Crippen molar-refractivity contribution in [1.82, 2.24) is 14.3 Å². The molecule has 29 heavy (non-hydrogen) atoms. The summed E-state index contributed by atoms with van der Waals surface area (Å²) in [5.74, 6) is 0. The molecule has 2 atom stereocenters. The number of aryl methyl sites for hydroxylation is 2. The van der Waals surface area contributed by atoms with Gasteiger partial charge in [-0.2, -0.15) is 0 Å². The van der Waals surface area contributed by atoms with E-state index >= 15 is 0 Å². The third-order valence-corrected chi connectivity index (χ3v) is 6.23. The zero-order chi connectivity index (χ0) is 20.0. The van der Waals surface area contributed by atoms with Crippen LogP contribution in [0.25, 0.3) is 16.9 Å². The monoisotopic (exact) mass is 390 g/mol. The van der Waals surface area contributed by atoms with Crippen LogP contribution >= 0.6 is 0 Å². The molecule has 0 spiro atoms. The van der Waals surface area contributed by atoms with Crippen molar-refractivity contribution < 1.29 is 4.74 Å². The summed E-state index contributed by atoms with van der Waals surface area (Å²) >= 11 is 0. The topological polar surface area (TPSA) is 55.8 Å². The van der Waals surface area contributed by atoms with E-state index in [9.17, 15) is 0 Å². The number of ether oxygens (including phenoxy) is 1. The minimum atomic E-state index is 0.246. The Kier molecular flexibility index (Phi) is 4.80. The van der Waals surface area contributed by atoms with E-state index in [0.717, 1.165) is 36.7 Å². The maximum atomic E-state index is 6.13. The molecule has 2 N–H and O–H groups in total. The Balaban J connectivity index is 1.59. The van der Waals surface area contributed by atoms with E-state index in [1.54, 1.807) is 0 Å². The number of nitrogen functional groups attached to an aromatic ring is 1. The lowest BCUT2D eigenvalue weighted by molar-refractivity contribution is -0.0707. The Morgan fingerprint density at radius 2 is 1.79 bits per heavy atom. The van der Waals surface area contributed by atoms with E-state index in [1.807, 2.05) is 18.3 Å². The number of anilines is 1. The molecular formula is C24H30N4O. The molecule has 152 valence electrons. The fraction of sp³-hybridized carbons (Fsp3) is 0.458. The Hall–Kier alpha value is -2.37. The molecule has 1 saturated heterocycles. The van der Waals surface area contributed by atoms with Gasteiger partial charge in [0.25, 0.3) is 0 Å². The van der Waals surface area contributed by atoms with Crippen LogP contribution in [-0.2, 0) is 24.1 Å². The first kappa shape index (κ1) is 18.6.